The fourth-order valence-corrected chi connectivity index (χ4v) is 2.93. The molecule has 0 spiro atoms. The smallest absolute Gasteiger partial charge is 0.0722 e. The van der Waals surface area contributed by atoms with Crippen LogP contribution in [-0.4, -0.2) is 23.5 Å². The van der Waals surface area contributed by atoms with Crippen LogP contribution < -0.4 is 5.73 Å². The third kappa shape index (κ3) is 2.65. The first kappa shape index (κ1) is 13.3. The fourth-order valence-electron chi connectivity index (χ4n) is 2.07. The van der Waals surface area contributed by atoms with Crippen LogP contribution in [0.15, 0.2) is 29.3 Å². The third-order valence-electron chi connectivity index (χ3n) is 3.03. The van der Waals surface area contributed by atoms with Crippen LogP contribution in [0.3, 0.4) is 0 Å². The van der Waals surface area contributed by atoms with E-state index < -0.39 is 0 Å². The van der Waals surface area contributed by atoms with Gasteiger partial charge in [-0.15, -0.1) is 11.8 Å². The lowest BCUT2D eigenvalue weighted by molar-refractivity contribution is 0.104. The van der Waals surface area contributed by atoms with Crippen molar-refractivity contribution in [2.75, 3.05) is 18.6 Å². The summed E-state index contributed by atoms with van der Waals surface area (Å²) in [6.07, 6.45) is 2.31. The van der Waals surface area contributed by atoms with Gasteiger partial charge < -0.3 is 15.0 Å². The van der Waals surface area contributed by atoms with Gasteiger partial charge in [0.1, 0.15) is 0 Å². The van der Waals surface area contributed by atoms with Crippen LogP contribution in [0, 0.1) is 0 Å². The second-order valence-corrected chi connectivity index (χ2v) is 5.71. The summed E-state index contributed by atoms with van der Waals surface area (Å²) in [5, 5.41) is 1.28. The number of anilines is 1. The molecule has 0 aliphatic heterocycles. The van der Waals surface area contributed by atoms with E-state index in [9.17, 15) is 0 Å². The predicted octanol–water partition coefficient (Wildman–Crippen LogP) is 3.37. The summed E-state index contributed by atoms with van der Waals surface area (Å²) in [4.78, 5) is 1.26. The number of hydrogen-bond donors (Lipinski definition) is 1. The van der Waals surface area contributed by atoms with Crippen molar-refractivity contribution < 1.29 is 4.74 Å². The number of rotatable bonds is 5. The molecule has 1 heterocycles. The molecule has 2 N–H and O–H groups in total. The van der Waals surface area contributed by atoms with E-state index in [-0.39, 0.29) is 6.10 Å². The number of nitrogen functional groups attached to an aromatic ring is 1. The lowest BCUT2D eigenvalue weighted by Gasteiger charge is -2.12. The van der Waals surface area contributed by atoms with Crippen LogP contribution in [0.1, 0.15) is 13.8 Å². The largest absolute Gasteiger partial charge is 0.399 e. The summed E-state index contributed by atoms with van der Waals surface area (Å²) in [5.41, 5.74) is 8.00. The molecule has 0 amide bonds. The van der Waals surface area contributed by atoms with Gasteiger partial charge in [-0.1, -0.05) is 6.92 Å². The van der Waals surface area contributed by atoms with Crippen molar-refractivity contribution in [1.82, 2.24) is 4.57 Å². The highest BCUT2D eigenvalue weighted by molar-refractivity contribution is 7.99. The maximum absolute atomic E-state index is 5.99. The van der Waals surface area contributed by atoms with Gasteiger partial charge in [-0.25, -0.2) is 0 Å². The van der Waals surface area contributed by atoms with E-state index in [0.29, 0.717) is 0 Å². The van der Waals surface area contributed by atoms with Crippen molar-refractivity contribution in [2.24, 2.45) is 0 Å². The van der Waals surface area contributed by atoms with Crippen LogP contribution in [-0.2, 0) is 11.3 Å². The molecule has 1 atom stereocenters. The van der Waals surface area contributed by atoms with Crippen molar-refractivity contribution in [3.8, 4) is 0 Å². The Balaban J connectivity index is 2.45. The molecule has 4 heteroatoms. The van der Waals surface area contributed by atoms with Gasteiger partial charge in [-0.05, 0) is 30.9 Å². The Bertz CT molecular complexity index is 536. The zero-order valence-corrected chi connectivity index (χ0v) is 12.0. The molecule has 0 radical (unpaired) electrons. The minimum absolute atomic E-state index is 0.198. The summed E-state index contributed by atoms with van der Waals surface area (Å²) in [6.45, 7) is 5.07. The van der Waals surface area contributed by atoms with Crippen LogP contribution in [0.25, 0.3) is 10.9 Å². The molecular weight excluding hydrogens is 244 g/mol. The molecule has 1 aromatic carbocycles. The monoisotopic (exact) mass is 264 g/mol. The quantitative estimate of drug-likeness (QED) is 0.665. The average Bonchev–Trinajstić information content (AvgIpc) is 2.73. The van der Waals surface area contributed by atoms with Crippen molar-refractivity contribution >= 4 is 28.4 Å². The Morgan fingerprint density at radius 3 is 2.89 bits per heavy atom. The van der Waals surface area contributed by atoms with E-state index in [1.165, 1.54) is 15.8 Å². The summed E-state index contributed by atoms with van der Waals surface area (Å²) in [6, 6.07) is 6.26. The predicted molar refractivity (Wildman–Crippen MR) is 79.2 cm³/mol. The maximum atomic E-state index is 5.99. The van der Waals surface area contributed by atoms with E-state index in [0.717, 1.165) is 18.0 Å². The van der Waals surface area contributed by atoms with Gasteiger partial charge >= 0.3 is 0 Å². The molecule has 1 unspecified atom stereocenters. The molecule has 0 aliphatic rings. The molecule has 0 saturated heterocycles. The Hall–Kier alpha value is -1.13. The van der Waals surface area contributed by atoms with Crippen LogP contribution in [0.4, 0.5) is 5.69 Å². The van der Waals surface area contributed by atoms with Gasteiger partial charge in [0, 0.05) is 35.8 Å². The minimum Gasteiger partial charge on any atom is -0.399 e. The molecule has 0 fully saturated rings. The number of thioether (sulfide) groups is 1. The number of fused-ring (bicyclic) bond motifs is 1. The topological polar surface area (TPSA) is 40.2 Å². The van der Waals surface area contributed by atoms with Crippen LogP contribution in [0.2, 0.25) is 0 Å². The first-order valence-electron chi connectivity index (χ1n) is 6.19. The lowest BCUT2D eigenvalue weighted by atomic mass is 10.2. The van der Waals surface area contributed by atoms with Crippen molar-refractivity contribution in [1.29, 1.82) is 0 Å². The molecule has 0 aliphatic carbocycles. The molecule has 18 heavy (non-hydrogen) atoms. The number of hydrogen-bond acceptors (Lipinski definition) is 3. The van der Waals surface area contributed by atoms with Crippen molar-refractivity contribution in [2.45, 2.75) is 31.4 Å². The molecule has 1 aromatic heterocycles. The number of methoxy groups -OCH3 is 1. The number of nitrogens with two attached hydrogens (primary N) is 1. The minimum atomic E-state index is 0.198. The van der Waals surface area contributed by atoms with Gasteiger partial charge in [0.2, 0.25) is 0 Å². The standard InChI is InChI=1S/C14H20N2OS/c1-4-18-14-8-11(15)7-13-12(14)5-6-16(13)9-10(2)17-3/h5-8,10H,4,9,15H2,1-3H3. The van der Waals surface area contributed by atoms with E-state index in [2.05, 4.69) is 36.7 Å². The van der Waals surface area contributed by atoms with E-state index in [1.807, 2.05) is 17.8 Å². The first-order valence-corrected chi connectivity index (χ1v) is 7.18. The van der Waals surface area contributed by atoms with Gasteiger partial charge in [-0.3, -0.25) is 0 Å². The highest BCUT2D eigenvalue weighted by Gasteiger charge is 2.09. The normalized spacial score (nSPS) is 13.1. The van der Waals surface area contributed by atoms with Crippen LogP contribution >= 0.6 is 11.8 Å². The van der Waals surface area contributed by atoms with Crippen molar-refractivity contribution in [3.05, 3.63) is 24.4 Å². The Labute approximate surface area is 112 Å². The molecule has 2 rings (SSSR count). The Morgan fingerprint density at radius 2 is 2.22 bits per heavy atom. The number of ether oxygens (including phenoxy) is 1. The number of nitrogens with zero attached hydrogens (tertiary/aromatic N) is 1. The van der Waals surface area contributed by atoms with E-state index in [4.69, 9.17) is 10.5 Å². The van der Waals surface area contributed by atoms with Gasteiger partial charge in [0.15, 0.2) is 0 Å². The molecule has 0 bridgehead atoms. The lowest BCUT2D eigenvalue weighted by Crippen LogP contribution is -2.13. The summed E-state index contributed by atoms with van der Waals surface area (Å²) < 4.78 is 7.53. The Kier molecular flexibility index (Phi) is 4.19. The zero-order valence-electron chi connectivity index (χ0n) is 11.1. The second-order valence-electron chi connectivity index (χ2n) is 4.40. The molecule has 98 valence electrons. The molecule has 0 saturated carbocycles. The summed E-state index contributed by atoms with van der Waals surface area (Å²) >= 11 is 1.83. The zero-order chi connectivity index (χ0) is 13.1. The van der Waals surface area contributed by atoms with Gasteiger partial charge in [-0.2, -0.15) is 0 Å². The van der Waals surface area contributed by atoms with Crippen LogP contribution in [0.5, 0.6) is 0 Å². The summed E-state index contributed by atoms with van der Waals surface area (Å²) in [7, 11) is 1.74. The Morgan fingerprint density at radius 1 is 1.44 bits per heavy atom. The van der Waals surface area contributed by atoms with Gasteiger partial charge in [0.25, 0.3) is 0 Å². The maximum Gasteiger partial charge on any atom is 0.0722 e. The number of benzene rings is 1. The average molecular weight is 264 g/mol. The first-order chi connectivity index (χ1) is 8.65. The fraction of sp³-hybridized carbons (Fsp3) is 0.429. The number of aromatic nitrogens is 1. The van der Waals surface area contributed by atoms with E-state index in [1.54, 1.807) is 7.11 Å². The highest BCUT2D eigenvalue weighted by Crippen LogP contribution is 2.31. The van der Waals surface area contributed by atoms with Crippen molar-refractivity contribution in [3.63, 3.8) is 0 Å². The van der Waals surface area contributed by atoms with E-state index >= 15 is 0 Å². The van der Waals surface area contributed by atoms with Gasteiger partial charge in [0.05, 0.1) is 11.6 Å². The molecular formula is C14H20N2OS. The molecule has 3 nitrogen and oxygen atoms in total. The second kappa shape index (κ2) is 5.67. The summed E-state index contributed by atoms with van der Waals surface area (Å²) in [5.74, 6) is 1.05. The third-order valence-corrected chi connectivity index (χ3v) is 3.97. The SMILES string of the molecule is CCSc1cc(N)cc2c1ccn2CC(C)OC. The molecule has 2 aromatic rings. The highest BCUT2D eigenvalue weighted by atomic mass is 32.2.